The maximum absolute atomic E-state index is 12.0. The number of rotatable bonds is 6. The third-order valence-corrected chi connectivity index (χ3v) is 5.30. The van der Waals surface area contributed by atoms with Crippen molar-refractivity contribution in [1.29, 1.82) is 0 Å². The minimum atomic E-state index is -3.92. The van der Waals surface area contributed by atoms with E-state index in [4.69, 9.17) is 9.84 Å². The van der Waals surface area contributed by atoms with E-state index in [0.717, 1.165) is 0 Å². The monoisotopic (exact) mass is 327 g/mol. The van der Waals surface area contributed by atoms with Crippen LogP contribution in [0.1, 0.15) is 25.3 Å². The van der Waals surface area contributed by atoms with Gasteiger partial charge in [-0.25, -0.2) is 8.42 Å². The third kappa shape index (κ3) is 2.97. The number of carboxylic acid groups (broad SMARTS) is 1. The van der Waals surface area contributed by atoms with Gasteiger partial charge in [0.15, 0.2) is 0 Å². The Kier molecular flexibility index (Phi) is 4.25. The first-order chi connectivity index (χ1) is 10.2. The van der Waals surface area contributed by atoms with Crippen molar-refractivity contribution in [3.05, 3.63) is 29.8 Å². The Morgan fingerprint density at radius 2 is 1.82 bits per heavy atom. The van der Waals surface area contributed by atoms with Crippen molar-refractivity contribution in [2.45, 2.75) is 36.1 Å². The molecule has 1 aliphatic rings. The molecule has 0 saturated heterocycles. The van der Waals surface area contributed by atoms with Crippen LogP contribution in [0.15, 0.2) is 29.2 Å². The minimum absolute atomic E-state index is 0.0509. The Morgan fingerprint density at radius 3 is 2.23 bits per heavy atom. The number of hydrogen-bond acceptors (Lipinski definition) is 5. The standard InChI is InChI=1S/C14H17NO6S/c1-9(12(16)17)15-22(19,20)11-5-3-10(4-6-11)14(7-8-14)13(18)21-2/h3-6,9,15H,7-8H2,1-2H3,(H,16,17)/t9-/m1/s1. The quantitative estimate of drug-likeness (QED) is 0.742. The normalized spacial score (nSPS) is 17.5. The Hall–Kier alpha value is -1.93. The van der Waals surface area contributed by atoms with Gasteiger partial charge in [0, 0.05) is 0 Å². The molecule has 0 unspecified atom stereocenters. The van der Waals surface area contributed by atoms with Gasteiger partial charge < -0.3 is 9.84 Å². The van der Waals surface area contributed by atoms with Gasteiger partial charge in [-0.05, 0) is 37.5 Å². The van der Waals surface area contributed by atoms with Crippen molar-refractivity contribution in [3.63, 3.8) is 0 Å². The zero-order valence-electron chi connectivity index (χ0n) is 12.2. The molecular weight excluding hydrogens is 310 g/mol. The highest BCUT2D eigenvalue weighted by atomic mass is 32.2. The lowest BCUT2D eigenvalue weighted by atomic mass is 9.96. The number of esters is 1. The zero-order chi connectivity index (χ0) is 16.5. The summed E-state index contributed by atoms with van der Waals surface area (Å²) < 4.78 is 30.9. The van der Waals surface area contributed by atoms with Gasteiger partial charge in [-0.2, -0.15) is 4.72 Å². The van der Waals surface area contributed by atoms with Crippen molar-refractivity contribution in [2.75, 3.05) is 7.11 Å². The van der Waals surface area contributed by atoms with E-state index < -0.39 is 27.4 Å². The molecule has 1 atom stereocenters. The van der Waals surface area contributed by atoms with Gasteiger partial charge in [0.1, 0.15) is 6.04 Å². The minimum Gasteiger partial charge on any atom is -0.480 e. The van der Waals surface area contributed by atoms with Crippen LogP contribution >= 0.6 is 0 Å². The average Bonchev–Trinajstić information content (AvgIpc) is 3.27. The predicted octanol–water partition coefficient (Wildman–Crippen LogP) is 0.643. The molecule has 7 nitrogen and oxygen atoms in total. The number of aliphatic carboxylic acids is 1. The van der Waals surface area contributed by atoms with Gasteiger partial charge in [0.25, 0.3) is 0 Å². The van der Waals surface area contributed by atoms with Crippen LogP contribution in [0.3, 0.4) is 0 Å². The summed E-state index contributed by atoms with van der Waals surface area (Å²) in [6, 6.07) is 4.60. The van der Waals surface area contributed by atoms with Crippen LogP contribution in [0.2, 0.25) is 0 Å². The maximum atomic E-state index is 12.0. The fourth-order valence-electron chi connectivity index (χ4n) is 2.24. The number of sulfonamides is 1. The average molecular weight is 327 g/mol. The lowest BCUT2D eigenvalue weighted by Crippen LogP contribution is -2.38. The highest BCUT2D eigenvalue weighted by Crippen LogP contribution is 2.49. The van der Waals surface area contributed by atoms with E-state index in [1.165, 1.54) is 26.2 Å². The fourth-order valence-corrected chi connectivity index (χ4v) is 3.43. The Balaban J connectivity index is 2.22. The van der Waals surface area contributed by atoms with Gasteiger partial charge in [0.2, 0.25) is 10.0 Å². The molecule has 1 saturated carbocycles. The topological polar surface area (TPSA) is 110 Å². The van der Waals surface area contributed by atoms with E-state index in [1.54, 1.807) is 12.1 Å². The molecular formula is C14H17NO6S. The molecule has 0 heterocycles. The van der Waals surface area contributed by atoms with Crippen LogP contribution < -0.4 is 4.72 Å². The Morgan fingerprint density at radius 1 is 1.27 bits per heavy atom. The number of carboxylic acids is 1. The zero-order valence-corrected chi connectivity index (χ0v) is 13.0. The number of benzene rings is 1. The van der Waals surface area contributed by atoms with Gasteiger partial charge in [-0.3, -0.25) is 9.59 Å². The number of methoxy groups -OCH3 is 1. The van der Waals surface area contributed by atoms with Crippen LogP contribution in [0, 0.1) is 0 Å². The fraction of sp³-hybridized carbons (Fsp3) is 0.429. The van der Waals surface area contributed by atoms with E-state index >= 15 is 0 Å². The molecule has 1 aliphatic carbocycles. The first-order valence-corrected chi connectivity index (χ1v) is 8.15. The molecule has 1 aromatic rings. The smallest absolute Gasteiger partial charge is 0.321 e. The van der Waals surface area contributed by atoms with Crippen LogP contribution in [-0.4, -0.2) is 38.6 Å². The van der Waals surface area contributed by atoms with Crippen LogP contribution in [0.25, 0.3) is 0 Å². The van der Waals surface area contributed by atoms with Crippen LogP contribution in [-0.2, 0) is 29.8 Å². The Bertz CT molecular complexity index is 691. The molecule has 8 heteroatoms. The van der Waals surface area contributed by atoms with E-state index in [9.17, 15) is 18.0 Å². The second-order valence-electron chi connectivity index (χ2n) is 5.28. The molecule has 0 spiro atoms. The van der Waals surface area contributed by atoms with E-state index in [0.29, 0.717) is 18.4 Å². The highest BCUT2D eigenvalue weighted by molar-refractivity contribution is 7.89. The summed E-state index contributed by atoms with van der Waals surface area (Å²) in [6.45, 7) is 1.24. The first-order valence-electron chi connectivity index (χ1n) is 6.67. The largest absolute Gasteiger partial charge is 0.480 e. The second-order valence-corrected chi connectivity index (χ2v) is 6.99. The predicted molar refractivity (Wildman–Crippen MR) is 76.8 cm³/mol. The first kappa shape index (κ1) is 16.4. The molecule has 1 fully saturated rings. The molecule has 0 amide bonds. The van der Waals surface area contributed by atoms with Gasteiger partial charge in [-0.15, -0.1) is 0 Å². The third-order valence-electron chi connectivity index (χ3n) is 3.75. The van der Waals surface area contributed by atoms with Crippen molar-refractivity contribution in [2.24, 2.45) is 0 Å². The highest BCUT2D eigenvalue weighted by Gasteiger charge is 2.52. The summed E-state index contributed by atoms with van der Waals surface area (Å²) in [5.74, 6) is -1.59. The number of ether oxygens (including phenoxy) is 1. The summed E-state index contributed by atoms with van der Waals surface area (Å²) >= 11 is 0. The molecule has 2 N–H and O–H groups in total. The molecule has 0 radical (unpaired) electrons. The lowest BCUT2D eigenvalue weighted by Gasteiger charge is -2.14. The molecule has 0 bridgehead atoms. The molecule has 2 rings (SSSR count). The van der Waals surface area contributed by atoms with Crippen molar-refractivity contribution in [1.82, 2.24) is 4.72 Å². The van der Waals surface area contributed by atoms with Crippen LogP contribution in [0.4, 0.5) is 0 Å². The summed E-state index contributed by atoms with van der Waals surface area (Å²) in [4.78, 5) is 22.5. The SMILES string of the molecule is COC(=O)C1(c2ccc(S(=O)(=O)N[C@H](C)C(=O)O)cc2)CC1. The van der Waals surface area contributed by atoms with Gasteiger partial charge in [-0.1, -0.05) is 12.1 Å². The van der Waals surface area contributed by atoms with E-state index in [-0.39, 0.29) is 10.9 Å². The maximum Gasteiger partial charge on any atom is 0.321 e. The Labute approximate surface area is 128 Å². The molecule has 0 aromatic heterocycles. The van der Waals surface area contributed by atoms with E-state index in [2.05, 4.69) is 4.72 Å². The molecule has 22 heavy (non-hydrogen) atoms. The molecule has 0 aliphatic heterocycles. The van der Waals surface area contributed by atoms with Crippen molar-refractivity contribution < 1.29 is 27.9 Å². The van der Waals surface area contributed by atoms with Gasteiger partial charge in [0.05, 0.1) is 17.4 Å². The van der Waals surface area contributed by atoms with Crippen molar-refractivity contribution in [3.8, 4) is 0 Å². The van der Waals surface area contributed by atoms with E-state index in [1.807, 2.05) is 0 Å². The summed E-state index contributed by atoms with van der Waals surface area (Å²) in [7, 11) is -2.60. The number of hydrogen-bond donors (Lipinski definition) is 2. The summed E-state index contributed by atoms with van der Waals surface area (Å²) in [6.07, 6.45) is 1.33. The molecule has 120 valence electrons. The second kappa shape index (κ2) is 5.69. The van der Waals surface area contributed by atoms with Crippen LogP contribution in [0.5, 0.6) is 0 Å². The van der Waals surface area contributed by atoms with Crippen molar-refractivity contribution >= 4 is 22.0 Å². The number of carbonyl (C=O) groups excluding carboxylic acids is 1. The lowest BCUT2D eigenvalue weighted by molar-refractivity contribution is -0.143. The molecule has 1 aromatic carbocycles. The van der Waals surface area contributed by atoms with Gasteiger partial charge >= 0.3 is 11.9 Å². The summed E-state index contributed by atoms with van der Waals surface area (Å²) in [5, 5.41) is 8.76. The summed E-state index contributed by atoms with van der Waals surface area (Å²) in [5.41, 5.74) is 0.0309. The number of nitrogens with one attached hydrogen (secondary N) is 1. The number of carbonyl (C=O) groups is 2.